The zero-order valence-electron chi connectivity index (χ0n) is 14.5. The van der Waals surface area contributed by atoms with Crippen LogP contribution >= 0.6 is 0 Å². The van der Waals surface area contributed by atoms with E-state index in [4.69, 9.17) is 0 Å². The van der Waals surface area contributed by atoms with Crippen molar-refractivity contribution in [1.29, 1.82) is 0 Å². The SMILES string of the molecule is Cc1ccc(O)c(NC(=O)CC(C)C(=O)Nc2cc(C)ccc2O)c1. The molecule has 132 valence electrons. The fourth-order valence-electron chi connectivity index (χ4n) is 2.33. The molecule has 1 atom stereocenters. The minimum atomic E-state index is -0.605. The quantitative estimate of drug-likeness (QED) is 0.626. The summed E-state index contributed by atoms with van der Waals surface area (Å²) in [7, 11) is 0. The van der Waals surface area contributed by atoms with Gasteiger partial charge < -0.3 is 20.8 Å². The highest BCUT2D eigenvalue weighted by atomic mass is 16.3. The van der Waals surface area contributed by atoms with Crippen LogP contribution in [0.2, 0.25) is 0 Å². The molecule has 0 spiro atoms. The molecule has 0 fully saturated rings. The van der Waals surface area contributed by atoms with Gasteiger partial charge in [-0.3, -0.25) is 9.59 Å². The number of hydrogen-bond acceptors (Lipinski definition) is 4. The Morgan fingerprint density at radius 3 is 1.92 bits per heavy atom. The maximum Gasteiger partial charge on any atom is 0.227 e. The Hall–Kier alpha value is -3.02. The predicted molar refractivity (Wildman–Crippen MR) is 96.7 cm³/mol. The maximum absolute atomic E-state index is 12.2. The molecule has 0 saturated heterocycles. The van der Waals surface area contributed by atoms with E-state index in [1.54, 1.807) is 31.2 Å². The Morgan fingerprint density at radius 2 is 1.40 bits per heavy atom. The van der Waals surface area contributed by atoms with Crippen molar-refractivity contribution in [3.63, 3.8) is 0 Å². The van der Waals surface area contributed by atoms with E-state index in [1.165, 1.54) is 12.1 Å². The molecule has 1 unspecified atom stereocenters. The lowest BCUT2D eigenvalue weighted by molar-refractivity contribution is -0.124. The molecule has 0 saturated carbocycles. The molecule has 0 aliphatic rings. The Kier molecular flexibility index (Phi) is 5.64. The van der Waals surface area contributed by atoms with Crippen molar-refractivity contribution in [3.8, 4) is 11.5 Å². The number of rotatable bonds is 5. The van der Waals surface area contributed by atoms with Crippen molar-refractivity contribution in [1.82, 2.24) is 0 Å². The molecule has 6 heteroatoms. The number of aryl methyl sites for hydroxylation is 2. The van der Waals surface area contributed by atoms with Crippen molar-refractivity contribution >= 4 is 23.2 Å². The third-order valence-corrected chi connectivity index (χ3v) is 3.78. The predicted octanol–water partition coefficient (Wildman–Crippen LogP) is 3.32. The molecule has 2 amide bonds. The largest absolute Gasteiger partial charge is 0.506 e. The summed E-state index contributed by atoms with van der Waals surface area (Å²) in [6.07, 6.45) is -0.0498. The first-order chi connectivity index (χ1) is 11.8. The van der Waals surface area contributed by atoms with Crippen LogP contribution in [0.1, 0.15) is 24.5 Å². The lowest BCUT2D eigenvalue weighted by Crippen LogP contribution is -2.25. The highest BCUT2D eigenvalue weighted by Gasteiger charge is 2.19. The van der Waals surface area contributed by atoms with Crippen molar-refractivity contribution < 1.29 is 19.8 Å². The molecule has 0 aliphatic carbocycles. The number of carbonyl (C=O) groups is 2. The summed E-state index contributed by atoms with van der Waals surface area (Å²) in [5.74, 6) is -1.41. The zero-order valence-corrected chi connectivity index (χ0v) is 14.5. The van der Waals surface area contributed by atoms with Crippen LogP contribution in [0.3, 0.4) is 0 Å². The summed E-state index contributed by atoms with van der Waals surface area (Å²) in [5.41, 5.74) is 2.42. The van der Waals surface area contributed by atoms with E-state index < -0.39 is 5.92 Å². The van der Waals surface area contributed by atoms with Crippen LogP contribution in [0.4, 0.5) is 11.4 Å². The lowest BCUT2D eigenvalue weighted by Gasteiger charge is -2.14. The Bertz CT molecular complexity index is 802. The molecular formula is C19H22N2O4. The molecule has 2 aromatic carbocycles. The van der Waals surface area contributed by atoms with Gasteiger partial charge in [0.05, 0.1) is 11.4 Å². The normalized spacial score (nSPS) is 11.6. The number of hydrogen-bond donors (Lipinski definition) is 4. The highest BCUT2D eigenvalue weighted by Crippen LogP contribution is 2.26. The molecule has 0 aliphatic heterocycles. The number of carbonyl (C=O) groups excluding carboxylic acids is 2. The van der Waals surface area contributed by atoms with Crippen molar-refractivity contribution in [3.05, 3.63) is 47.5 Å². The van der Waals surface area contributed by atoms with Crippen LogP contribution in [0.25, 0.3) is 0 Å². The first-order valence-electron chi connectivity index (χ1n) is 7.96. The summed E-state index contributed by atoms with van der Waals surface area (Å²) < 4.78 is 0. The van der Waals surface area contributed by atoms with Gasteiger partial charge in [0.2, 0.25) is 11.8 Å². The number of phenolic OH excluding ortho intramolecular Hbond substituents is 2. The van der Waals surface area contributed by atoms with Gasteiger partial charge in [-0.25, -0.2) is 0 Å². The lowest BCUT2D eigenvalue weighted by atomic mass is 10.1. The van der Waals surface area contributed by atoms with Crippen LogP contribution in [0.15, 0.2) is 36.4 Å². The van der Waals surface area contributed by atoms with Gasteiger partial charge in [0, 0.05) is 12.3 Å². The van der Waals surface area contributed by atoms with E-state index in [2.05, 4.69) is 10.6 Å². The standard InChI is InChI=1S/C19H22N2O4/c1-11-4-6-16(22)14(8-11)20-18(24)10-13(3)19(25)21-15-9-12(2)5-7-17(15)23/h4-9,13,22-23H,10H2,1-3H3,(H,20,24)(H,21,25). The van der Waals surface area contributed by atoms with Crippen LogP contribution in [0.5, 0.6) is 11.5 Å². The molecule has 0 heterocycles. The second-order valence-corrected chi connectivity index (χ2v) is 6.18. The number of amides is 2. The van der Waals surface area contributed by atoms with E-state index in [0.717, 1.165) is 11.1 Å². The molecular weight excluding hydrogens is 320 g/mol. The van der Waals surface area contributed by atoms with Gasteiger partial charge >= 0.3 is 0 Å². The van der Waals surface area contributed by atoms with Crippen molar-refractivity contribution in [2.45, 2.75) is 27.2 Å². The van der Waals surface area contributed by atoms with E-state index in [0.29, 0.717) is 11.4 Å². The second kappa shape index (κ2) is 7.70. The topological polar surface area (TPSA) is 98.7 Å². The third-order valence-electron chi connectivity index (χ3n) is 3.78. The second-order valence-electron chi connectivity index (χ2n) is 6.18. The summed E-state index contributed by atoms with van der Waals surface area (Å²) in [6.45, 7) is 5.32. The molecule has 4 N–H and O–H groups in total. The minimum absolute atomic E-state index is 0.0271. The van der Waals surface area contributed by atoms with Gasteiger partial charge in [0.1, 0.15) is 11.5 Å². The molecule has 0 radical (unpaired) electrons. The summed E-state index contributed by atoms with van der Waals surface area (Å²) in [4.78, 5) is 24.3. The van der Waals surface area contributed by atoms with E-state index in [-0.39, 0.29) is 29.7 Å². The van der Waals surface area contributed by atoms with Crippen LogP contribution in [-0.2, 0) is 9.59 Å². The smallest absolute Gasteiger partial charge is 0.227 e. The summed E-state index contributed by atoms with van der Waals surface area (Å²) in [5, 5.41) is 24.8. The Morgan fingerprint density at radius 1 is 0.920 bits per heavy atom. The molecule has 6 nitrogen and oxygen atoms in total. The zero-order chi connectivity index (χ0) is 18.6. The maximum atomic E-state index is 12.2. The average Bonchev–Trinajstić information content (AvgIpc) is 2.54. The first kappa shape index (κ1) is 18.3. The number of nitrogens with one attached hydrogen (secondary N) is 2. The van der Waals surface area contributed by atoms with E-state index in [9.17, 15) is 19.8 Å². The van der Waals surface area contributed by atoms with Gasteiger partial charge in [-0.05, 0) is 49.2 Å². The van der Waals surface area contributed by atoms with Gasteiger partial charge in [-0.2, -0.15) is 0 Å². The number of anilines is 2. The number of aromatic hydroxyl groups is 2. The van der Waals surface area contributed by atoms with Crippen LogP contribution in [0, 0.1) is 19.8 Å². The highest BCUT2D eigenvalue weighted by molar-refractivity contribution is 5.99. The molecule has 2 rings (SSSR count). The molecule has 2 aromatic rings. The van der Waals surface area contributed by atoms with Gasteiger partial charge in [-0.15, -0.1) is 0 Å². The summed E-state index contributed by atoms with van der Waals surface area (Å²) in [6, 6.07) is 9.78. The van der Waals surface area contributed by atoms with Gasteiger partial charge in [-0.1, -0.05) is 19.1 Å². The molecule has 25 heavy (non-hydrogen) atoms. The van der Waals surface area contributed by atoms with E-state index >= 15 is 0 Å². The van der Waals surface area contributed by atoms with Crippen LogP contribution < -0.4 is 10.6 Å². The Balaban J connectivity index is 1.97. The van der Waals surface area contributed by atoms with E-state index in [1.807, 2.05) is 13.8 Å². The monoisotopic (exact) mass is 342 g/mol. The first-order valence-corrected chi connectivity index (χ1v) is 7.96. The van der Waals surface area contributed by atoms with Gasteiger partial charge in [0.15, 0.2) is 0 Å². The van der Waals surface area contributed by atoms with Crippen molar-refractivity contribution in [2.24, 2.45) is 5.92 Å². The number of phenols is 2. The fourth-order valence-corrected chi connectivity index (χ4v) is 2.33. The van der Waals surface area contributed by atoms with Crippen molar-refractivity contribution in [2.75, 3.05) is 10.6 Å². The Labute approximate surface area is 146 Å². The fraction of sp³-hybridized carbons (Fsp3) is 0.263. The summed E-state index contributed by atoms with van der Waals surface area (Å²) >= 11 is 0. The van der Waals surface area contributed by atoms with Crippen LogP contribution in [-0.4, -0.2) is 22.0 Å². The van der Waals surface area contributed by atoms with Gasteiger partial charge in [0.25, 0.3) is 0 Å². The average molecular weight is 342 g/mol. The molecule has 0 aromatic heterocycles. The minimum Gasteiger partial charge on any atom is -0.506 e. The number of benzene rings is 2. The third kappa shape index (κ3) is 4.97. The molecule has 0 bridgehead atoms.